The zero-order chi connectivity index (χ0) is 17.1. The molecule has 3 nitrogen and oxygen atoms in total. The molecule has 0 aromatic rings. The number of nitriles is 1. The Labute approximate surface area is 144 Å². The second kappa shape index (κ2) is 5.28. The first-order valence-electron chi connectivity index (χ1n) is 9.53. The van der Waals surface area contributed by atoms with Gasteiger partial charge in [0.1, 0.15) is 11.6 Å². The van der Waals surface area contributed by atoms with E-state index in [4.69, 9.17) is 0 Å². The molecule has 128 valence electrons. The predicted molar refractivity (Wildman–Crippen MR) is 90.8 cm³/mol. The molecule has 24 heavy (non-hydrogen) atoms. The molecule has 0 aromatic carbocycles. The fourth-order valence-electron chi connectivity index (χ4n) is 6.96. The molecular weight excluding hydrogens is 298 g/mol. The van der Waals surface area contributed by atoms with Crippen molar-refractivity contribution in [3.63, 3.8) is 0 Å². The standard InChI is InChI=1S/C21H27NO2/c1-20-8-5-14(23)12-18(20)13(7-10-22)11-15-16-3-4-19(24)21(16,2)9-6-17(15)20/h7,15-18H,3-6,8-9,11-12H2,1-2H3/t15?,16?,17?,18?,20-,21+/m1/s1. The average molecular weight is 325 g/mol. The lowest BCUT2D eigenvalue weighted by Gasteiger charge is -2.59. The van der Waals surface area contributed by atoms with E-state index in [9.17, 15) is 14.9 Å². The van der Waals surface area contributed by atoms with Crippen molar-refractivity contribution in [1.82, 2.24) is 0 Å². The van der Waals surface area contributed by atoms with Gasteiger partial charge in [0.25, 0.3) is 0 Å². The Morgan fingerprint density at radius 3 is 2.62 bits per heavy atom. The van der Waals surface area contributed by atoms with Gasteiger partial charge in [0.05, 0.1) is 6.07 Å². The van der Waals surface area contributed by atoms with E-state index in [1.54, 1.807) is 6.08 Å². The summed E-state index contributed by atoms with van der Waals surface area (Å²) in [6.07, 6.45) is 8.81. The summed E-state index contributed by atoms with van der Waals surface area (Å²) in [5.41, 5.74) is 1.19. The maximum absolute atomic E-state index is 12.5. The van der Waals surface area contributed by atoms with E-state index in [-0.39, 0.29) is 16.7 Å². The molecule has 0 aromatic heterocycles. The maximum Gasteiger partial charge on any atom is 0.139 e. The smallest absolute Gasteiger partial charge is 0.139 e. The molecule has 0 saturated heterocycles. The van der Waals surface area contributed by atoms with Crippen molar-refractivity contribution in [1.29, 1.82) is 5.26 Å². The molecule has 0 radical (unpaired) electrons. The molecule has 4 rings (SSSR count). The van der Waals surface area contributed by atoms with Crippen LogP contribution in [0.1, 0.15) is 65.2 Å². The molecule has 0 aliphatic heterocycles. The fourth-order valence-corrected chi connectivity index (χ4v) is 6.96. The van der Waals surface area contributed by atoms with E-state index in [0.717, 1.165) is 38.5 Å². The molecule has 0 amide bonds. The van der Waals surface area contributed by atoms with Crippen LogP contribution in [0.2, 0.25) is 0 Å². The quantitative estimate of drug-likeness (QED) is 0.626. The number of carbonyl (C=O) groups is 2. The second-order valence-corrected chi connectivity index (χ2v) is 9.15. The monoisotopic (exact) mass is 325 g/mol. The highest BCUT2D eigenvalue weighted by molar-refractivity contribution is 5.87. The van der Waals surface area contributed by atoms with Gasteiger partial charge in [0, 0.05) is 30.8 Å². The highest BCUT2D eigenvalue weighted by atomic mass is 16.1. The van der Waals surface area contributed by atoms with Gasteiger partial charge in [-0.05, 0) is 61.2 Å². The van der Waals surface area contributed by atoms with Crippen molar-refractivity contribution in [2.45, 2.75) is 65.2 Å². The molecule has 0 spiro atoms. The number of fused-ring (bicyclic) bond motifs is 5. The van der Waals surface area contributed by atoms with Crippen LogP contribution in [-0.2, 0) is 9.59 Å². The van der Waals surface area contributed by atoms with Crippen LogP contribution in [0.5, 0.6) is 0 Å². The third-order valence-electron chi connectivity index (χ3n) is 8.33. The molecule has 4 saturated carbocycles. The Bertz CT molecular complexity index is 672. The summed E-state index contributed by atoms with van der Waals surface area (Å²) in [6.45, 7) is 4.56. The highest BCUT2D eigenvalue weighted by Crippen LogP contribution is 2.66. The highest BCUT2D eigenvalue weighted by Gasteiger charge is 2.61. The van der Waals surface area contributed by atoms with Gasteiger partial charge in [-0.2, -0.15) is 5.26 Å². The Kier molecular flexibility index (Phi) is 3.53. The van der Waals surface area contributed by atoms with Crippen LogP contribution in [-0.4, -0.2) is 11.6 Å². The lowest BCUT2D eigenvalue weighted by molar-refractivity contribution is -0.138. The first-order chi connectivity index (χ1) is 11.4. The molecule has 6 atom stereocenters. The number of ketones is 2. The molecule has 0 N–H and O–H groups in total. The third-order valence-corrected chi connectivity index (χ3v) is 8.33. The number of nitrogens with zero attached hydrogens (tertiary/aromatic N) is 1. The third kappa shape index (κ3) is 2.01. The van der Waals surface area contributed by atoms with Crippen LogP contribution in [0.25, 0.3) is 0 Å². The van der Waals surface area contributed by atoms with Crippen LogP contribution in [0.15, 0.2) is 11.6 Å². The molecule has 4 aliphatic rings. The fraction of sp³-hybridized carbons (Fsp3) is 0.762. The van der Waals surface area contributed by atoms with Gasteiger partial charge < -0.3 is 0 Å². The van der Waals surface area contributed by atoms with E-state index >= 15 is 0 Å². The number of Topliss-reactive ketones (excluding diaryl/α,β-unsaturated/α-hetero) is 2. The number of rotatable bonds is 0. The first kappa shape index (κ1) is 16.1. The number of carbonyl (C=O) groups excluding carboxylic acids is 2. The molecule has 4 aliphatic carbocycles. The zero-order valence-corrected chi connectivity index (χ0v) is 14.8. The van der Waals surface area contributed by atoms with Gasteiger partial charge in [-0.1, -0.05) is 19.4 Å². The first-order valence-corrected chi connectivity index (χ1v) is 9.53. The summed E-state index contributed by atoms with van der Waals surface area (Å²) >= 11 is 0. The van der Waals surface area contributed by atoms with Crippen LogP contribution < -0.4 is 0 Å². The average Bonchev–Trinajstić information content (AvgIpc) is 2.85. The minimum absolute atomic E-state index is 0.131. The van der Waals surface area contributed by atoms with Crippen molar-refractivity contribution in [3.8, 4) is 6.07 Å². The SMILES string of the molecule is C[C@]12CCC(=O)CC1C(=CC#N)CC1C2CC[C@]2(C)C(=O)CCC12. The van der Waals surface area contributed by atoms with E-state index < -0.39 is 0 Å². The van der Waals surface area contributed by atoms with Gasteiger partial charge in [-0.3, -0.25) is 9.59 Å². The summed E-state index contributed by atoms with van der Waals surface area (Å²) in [7, 11) is 0. The van der Waals surface area contributed by atoms with Crippen molar-refractivity contribution in [3.05, 3.63) is 11.6 Å². The minimum atomic E-state index is -0.132. The van der Waals surface area contributed by atoms with Crippen molar-refractivity contribution < 1.29 is 9.59 Å². The normalized spacial score (nSPS) is 49.3. The van der Waals surface area contributed by atoms with E-state index in [1.807, 2.05) is 0 Å². The van der Waals surface area contributed by atoms with Gasteiger partial charge in [-0.25, -0.2) is 0 Å². The Morgan fingerprint density at radius 1 is 1.08 bits per heavy atom. The van der Waals surface area contributed by atoms with Gasteiger partial charge >= 0.3 is 0 Å². The Balaban J connectivity index is 1.75. The van der Waals surface area contributed by atoms with Crippen LogP contribution >= 0.6 is 0 Å². The van der Waals surface area contributed by atoms with Gasteiger partial charge in [0.2, 0.25) is 0 Å². The summed E-state index contributed by atoms with van der Waals surface area (Å²) < 4.78 is 0. The van der Waals surface area contributed by atoms with E-state index in [2.05, 4.69) is 19.9 Å². The maximum atomic E-state index is 12.5. The molecule has 4 unspecified atom stereocenters. The Morgan fingerprint density at radius 2 is 1.88 bits per heavy atom. The molecule has 4 fully saturated rings. The van der Waals surface area contributed by atoms with Crippen molar-refractivity contribution in [2.24, 2.45) is 34.5 Å². The summed E-state index contributed by atoms with van der Waals surface area (Å²) in [6, 6.07) is 2.24. The van der Waals surface area contributed by atoms with E-state index in [1.165, 1.54) is 5.57 Å². The van der Waals surface area contributed by atoms with Crippen molar-refractivity contribution in [2.75, 3.05) is 0 Å². The molecule has 0 bridgehead atoms. The number of hydrogen-bond acceptors (Lipinski definition) is 3. The van der Waals surface area contributed by atoms with Crippen LogP contribution in [0, 0.1) is 45.8 Å². The van der Waals surface area contributed by atoms with Gasteiger partial charge in [-0.15, -0.1) is 0 Å². The summed E-state index contributed by atoms with van der Waals surface area (Å²) in [4.78, 5) is 24.6. The second-order valence-electron chi connectivity index (χ2n) is 9.15. The van der Waals surface area contributed by atoms with Crippen molar-refractivity contribution >= 4 is 11.6 Å². The largest absolute Gasteiger partial charge is 0.300 e. The summed E-state index contributed by atoms with van der Waals surface area (Å²) in [5, 5.41) is 9.27. The lowest BCUT2D eigenvalue weighted by Crippen LogP contribution is -2.54. The number of hydrogen-bond donors (Lipinski definition) is 0. The van der Waals surface area contributed by atoms with E-state index in [0.29, 0.717) is 42.2 Å². The molecule has 3 heteroatoms. The lowest BCUT2D eigenvalue weighted by atomic mass is 9.44. The van der Waals surface area contributed by atoms with Gasteiger partial charge in [0.15, 0.2) is 0 Å². The Hall–Kier alpha value is -1.43. The summed E-state index contributed by atoms with van der Waals surface area (Å²) in [5.74, 6) is 2.67. The van der Waals surface area contributed by atoms with Crippen LogP contribution in [0.3, 0.4) is 0 Å². The zero-order valence-electron chi connectivity index (χ0n) is 14.8. The molecular formula is C21H27NO2. The minimum Gasteiger partial charge on any atom is -0.300 e. The van der Waals surface area contributed by atoms with Crippen LogP contribution in [0.4, 0.5) is 0 Å². The predicted octanol–water partition coefficient (Wildman–Crippen LogP) is 4.23. The topological polar surface area (TPSA) is 57.9 Å². The molecule has 0 heterocycles. The number of allylic oxidation sites excluding steroid dienone is 2.